The fourth-order valence-electron chi connectivity index (χ4n) is 2.77. The molecule has 0 amide bonds. The van der Waals surface area contributed by atoms with Crippen LogP contribution in [-0.4, -0.2) is 19.9 Å². The van der Waals surface area contributed by atoms with Crippen molar-refractivity contribution in [1.82, 2.24) is 14.8 Å². The number of benzene rings is 2. The number of aromatic nitrogens is 3. The van der Waals surface area contributed by atoms with Gasteiger partial charge in [0.1, 0.15) is 5.75 Å². The van der Waals surface area contributed by atoms with Crippen LogP contribution in [0.15, 0.2) is 36.4 Å². The lowest BCUT2D eigenvalue weighted by Crippen LogP contribution is -2.16. The van der Waals surface area contributed by atoms with Crippen LogP contribution in [0.25, 0.3) is 17.1 Å². The van der Waals surface area contributed by atoms with Crippen LogP contribution in [0.2, 0.25) is 0 Å². The summed E-state index contributed by atoms with van der Waals surface area (Å²) in [4.78, 5) is 0. The number of phenolic OH excluding ortho intramolecular Hbond substituents is 1. The topological polar surface area (TPSA) is 77.7 Å². The SMILES string of the molecule is CCc1cc(-c2n[nH]c(=N)n2-c2cccc(C)c2)c(C)cc1O. The van der Waals surface area contributed by atoms with Crippen molar-refractivity contribution in [1.29, 1.82) is 5.41 Å². The normalized spacial score (nSPS) is 10.9. The zero-order valence-corrected chi connectivity index (χ0v) is 13.5. The predicted octanol–water partition coefficient (Wildman–Crippen LogP) is 3.23. The molecule has 5 heteroatoms. The number of phenols is 1. The summed E-state index contributed by atoms with van der Waals surface area (Å²) in [5, 5.41) is 25.3. The van der Waals surface area contributed by atoms with Gasteiger partial charge in [-0.3, -0.25) is 9.98 Å². The predicted molar refractivity (Wildman–Crippen MR) is 89.7 cm³/mol. The number of hydrogen-bond donors (Lipinski definition) is 3. The Kier molecular flexibility index (Phi) is 3.78. The van der Waals surface area contributed by atoms with Crippen LogP contribution in [0.4, 0.5) is 0 Å². The Hall–Kier alpha value is -2.82. The molecule has 0 aliphatic heterocycles. The fraction of sp³-hybridized carbons (Fsp3) is 0.222. The third-order valence-electron chi connectivity index (χ3n) is 4.01. The zero-order valence-electron chi connectivity index (χ0n) is 13.5. The first-order valence-corrected chi connectivity index (χ1v) is 7.63. The van der Waals surface area contributed by atoms with Crippen LogP contribution in [0.3, 0.4) is 0 Å². The Morgan fingerprint density at radius 2 is 2.00 bits per heavy atom. The van der Waals surface area contributed by atoms with Gasteiger partial charge in [0.2, 0.25) is 5.62 Å². The molecule has 0 spiro atoms. The van der Waals surface area contributed by atoms with Crippen molar-refractivity contribution in [2.45, 2.75) is 27.2 Å². The van der Waals surface area contributed by atoms with Crippen LogP contribution in [0.5, 0.6) is 5.75 Å². The number of nitrogens with one attached hydrogen (secondary N) is 2. The molecule has 5 nitrogen and oxygen atoms in total. The van der Waals surface area contributed by atoms with Gasteiger partial charge in [-0.2, -0.15) is 5.10 Å². The Balaban J connectivity index is 2.26. The summed E-state index contributed by atoms with van der Waals surface area (Å²) in [6, 6.07) is 11.7. The lowest BCUT2D eigenvalue weighted by atomic mass is 10.0. The zero-order chi connectivity index (χ0) is 16.6. The number of aryl methyl sites for hydroxylation is 3. The highest BCUT2D eigenvalue weighted by atomic mass is 16.3. The number of rotatable bonds is 3. The second-order valence-electron chi connectivity index (χ2n) is 5.72. The van der Waals surface area contributed by atoms with Gasteiger partial charge in [0.05, 0.1) is 5.69 Å². The van der Waals surface area contributed by atoms with Gasteiger partial charge in [-0.05, 0) is 61.2 Å². The Bertz CT molecular complexity index is 921. The van der Waals surface area contributed by atoms with Gasteiger partial charge in [-0.25, -0.2) is 5.10 Å². The molecule has 3 aromatic rings. The van der Waals surface area contributed by atoms with Crippen LogP contribution >= 0.6 is 0 Å². The molecule has 0 aliphatic carbocycles. The molecule has 118 valence electrons. The van der Waals surface area contributed by atoms with Crippen LogP contribution in [0, 0.1) is 19.3 Å². The van der Waals surface area contributed by atoms with Crippen LogP contribution < -0.4 is 5.62 Å². The van der Waals surface area contributed by atoms with Crippen LogP contribution in [-0.2, 0) is 6.42 Å². The average molecular weight is 308 g/mol. The van der Waals surface area contributed by atoms with Crippen LogP contribution in [0.1, 0.15) is 23.6 Å². The van der Waals surface area contributed by atoms with E-state index in [2.05, 4.69) is 10.2 Å². The number of nitrogens with zero attached hydrogens (tertiary/aromatic N) is 2. The molecule has 2 aromatic carbocycles. The standard InChI is InChI=1S/C18H20N4O/c1-4-13-10-15(12(3)9-16(13)23)17-20-21-18(19)22(17)14-7-5-6-11(2)8-14/h5-10,23H,4H2,1-3H3,(H2,19,21). The molecular weight excluding hydrogens is 288 g/mol. The summed E-state index contributed by atoms with van der Waals surface area (Å²) in [5.41, 5.74) is 4.94. The molecule has 0 aliphatic rings. The summed E-state index contributed by atoms with van der Waals surface area (Å²) in [6.07, 6.45) is 0.738. The quantitative estimate of drug-likeness (QED) is 0.694. The lowest BCUT2D eigenvalue weighted by molar-refractivity contribution is 0.468. The van der Waals surface area contributed by atoms with Crippen molar-refractivity contribution in [2.24, 2.45) is 0 Å². The maximum absolute atomic E-state index is 10.0. The minimum atomic E-state index is 0.219. The van der Waals surface area contributed by atoms with Crippen molar-refractivity contribution in [3.8, 4) is 22.8 Å². The first-order valence-electron chi connectivity index (χ1n) is 7.63. The molecule has 3 N–H and O–H groups in total. The number of aromatic amines is 1. The van der Waals surface area contributed by atoms with E-state index < -0.39 is 0 Å². The van der Waals surface area contributed by atoms with E-state index in [-0.39, 0.29) is 5.62 Å². The fourth-order valence-corrected chi connectivity index (χ4v) is 2.77. The summed E-state index contributed by atoms with van der Waals surface area (Å²) >= 11 is 0. The first kappa shape index (κ1) is 15.1. The third kappa shape index (κ3) is 2.65. The monoisotopic (exact) mass is 308 g/mol. The maximum Gasteiger partial charge on any atom is 0.222 e. The first-order chi connectivity index (χ1) is 11.0. The van der Waals surface area contributed by atoms with Gasteiger partial charge in [0, 0.05) is 5.56 Å². The van der Waals surface area contributed by atoms with Gasteiger partial charge in [0.15, 0.2) is 5.82 Å². The van der Waals surface area contributed by atoms with Gasteiger partial charge >= 0.3 is 0 Å². The molecule has 0 radical (unpaired) electrons. The lowest BCUT2D eigenvalue weighted by Gasteiger charge is -2.12. The molecule has 23 heavy (non-hydrogen) atoms. The Morgan fingerprint density at radius 1 is 1.22 bits per heavy atom. The molecule has 0 bridgehead atoms. The number of H-pyrrole nitrogens is 1. The number of aromatic hydroxyl groups is 1. The van der Waals surface area contributed by atoms with Gasteiger partial charge in [0.25, 0.3) is 0 Å². The van der Waals surface area contributed by atoms with E-state index in [1.54, 1.807) is 10.6 Å². The highest BCUT2D eigenvalue weighted by molar-refractivity contribution is 5.65. The van der Waals surface area contributed by atoms with Crippen molar-refractivity contribution in [2.75, 3.05) is 0 Å². The van der Waals surface area contributed by atoms with Crippen molar-refractivity contribution < 1.29 is 5.11 Å². The van der Waals surface area contributed by atoms with E-state index >= 15 is 0 Å². The van der Waals surface area contributed by atoms with E-state index in [9.17, 15) is 5.11 Å². The van der Waals surface area contributed by atoms with Crippen molar-refractivity contribution in [3.05, 3.63) is 58.7 Å². The van der Waals surface area contributed by atoms with Gasteiger partial charge < -0.3 is 5.11 Å². The molecule has 0 saturated heterocycles. The highest BCUT2D eigenvalue weighted by Gasteiger charge is 2.15. The molecule has 0 atom stereocenters. The second-order valence-corrected chi connectivity index (χ2v) is 5.72. The van der Waals surface area contributed by atoms with Crippen molar-refractivity contribution in [3.63, 3.8) is 0 Å². The molecule has 1 heterocycles. The smallest absolute Gasteiger partial charge is 0.222 e. The van der Waals surface area contributed by atoms with E-state index in [1.165, 1.54) is 0 Å². The molecule has 0 fully saturated rings. The van der Waals surface area contributed by atoms with E-state index in [0.29, 0.717) is 11.6 Å². The minimum absolute atomic E-state index is 0.219. The molecule has 0 saturated carbocycles. The summed E-state index contributed by atoms with van der Waals surface area (Å²) in [7, 11) is 0. The van der Waals surface area contributed by atoms with Gasteiger partial charge in [-0.1, -0.05) is 19.1 Å². The minimum Gasteiger partial charge on any atom is -0.508 e. The Labute approximate surface area is 134 Å². The molecule has 1 aromatic heterocycles. The summed E-state index contributed by atoms with van der Waals surface area (Å²) in [6.45, 7) is 5.96. The summed E-state index contributed by atoms with van der Waals surface area (Å²) < 4.78 is 1.78. The van der Waals surface area contributed by atoms with E-state index in [1.807, 2.05) is 51.1 Å². The third-order valence-corrected chi connectivity index (χ3v) is 4.01. The largest absolute Gasteiger partial charge is 0.508 e. The molecule has 0 unspecified atom stereocenters. The van der Waals surface area contributed by atoms with E-state index in [4.69, 9.17) is 5.41 Å². The summed E-state index contributed by atoms with van der Waals surface area (Å²) in [5.74, 6) is 0.977. The number of hydrogen-bond acceptors (Lipinski definition) is 3. The van der Waals surface area contributed by atoms with Gasteiger partial charge in [-0.15, -0.1) is 0 Å². The Morgan fingerprint density at radius 3 is 2.70 bits per heavy atom. The molecular formula is C18H20N4O. The molecule has 3 rings (SSSR count). The highest BCUT2D eigenvalue weighted by Crippen LogP contribution is 2.29. The average Bonchev–Trinajstić information content (AvgIpc) is 2.89. The second kappa shape index (κ2) is 5.76. The van der Waals surface area contributed by atoms with E-state index in [0.717, 1.165) is 34.4 Å². The maximum atomic E-state index is 10.0. The van der Waals surface area contributed by atoms with Crippen molar-refractivity contribution >= 4 is 0 Å².